The van der Waals surface area contributed by atoms with Crippen LogP contribution in [-0.2, 0) is 41.8 Å². The van der Waals surface area contributed by atoms with Gasteiger partial charge in [0.05, 0.1) is 7.11 Å². The summed E-state index contributed by atoms with van der Waals surface area (Å²) in [5, 5.41) is 27.4. The van der Waals surface area contributed by atoms with E-state index in [-0.39, 0.29) is 47.9 Å². The van der Waals surface area contributed by atoms with Crippen molar-refractivity contribution in [3.8, 4) is 29.3 Å². The van der Waals surface area contributed by atoms with E-state index in [4.69, 9.17) is 19.9 Å². The lowest BCUT2D eigenvalue weighted by Crippen LogP contribution is -2.24. The Hall–Kier alpha value is -6.14. The average Bonchev–Trinajstić information content (AvgIpc) is 3.28. The van der Waals surface area contributed by atoms with Crippen LogP contribution in [0.4, 0.5) is 5.69 Å². The monoisotopic (exact) mass is 849 g/mol. The number of aliphatic hydroxyl groups is 1. The molecule has 4 aromatic carbocycles. The molecule has 4 aliphatic rings. The lowest BCUT2D eigenvalue weighted by atomic mass is 9.80. The Labute approximate surface area is 373 Å². The molecule has 4 aromatic rings. The summed E-state index contributed by atoms with van der Waals surface area (Å²) in [6, 6.07) is 18.2. The Bertz CT molecular complexity index is 2470. The van der Waals surface area contributed by atoms with Crippen molar-refractivity contribution in [3.05, 3.63) is 124 Å². The molecule has 0 radical (unpaired) electrons. The van der Waals surface area contributed by atoms with Crippen LogP contribution in [0.5, 0.6) is 17.2 Å². The van der Waals surface area contributed by atoms with Gasteiger partial charge in [0.25, 0.3) is 0 Å². The Morgan fingerprint density at radius 1 is 1.00 bits per heavy atom. The Kier molecular flexibility index (Phi) is 15.2. The normalized spacial score (nSPS) is 19.9. The van der Waals surface area contributed by atoms with Gasteiger partial charge in [0.1, 0.15) is 36.1 Å². The van der Waals surface area contributed by atoms with Crippen molar-refractivity contribution in [2.45, 2.75) is 116 Å². The fourth-order valence-electron chi connectivity index (χ4n) is 9.42. The zero-order chi connectivity index (χ0) is 44.3. The first-order chi connectivity index (χ1) is 30.6. The van der Waals surface area contributed by atoms with Gasteiger partial charge in [-0.05, 0) is 137 Å². The zero-order valence-electron chi connectivity index (χ0n) is 37.3. The minimum absolute atomic E-state index is 0.0420. The minimum Gasteiger partial charge on any atom is -0.508 e. The standard InChI is InChI=1S/C54H63N3O6/c1-5-6-7-15-44-38(14-10-17-49(44)57-54(55)56-3)13-9-8-12-37-21-24-41(58)30-40(37)31-43-32-42(59)23-19-36-20-27-51(61-4)52(29-36)63-34-39-22-26-47-46(16-11-28-62-43)50(60)33-48-35(2)18-25-45(39)53(47)48/h10,14,17-18,20-22,24-27,29-30,33,35,37,40,43,58,60H,5-9,12-13,15-16,19,23,31-32,34H2,1-4H3,(H3,55,56,57). The first kappa shape index (κ1) is 44.9. The number of methoxy groups -OCH3 is 1. The number of anilines is 1. The molecule has 5 N–H and O–H groups in total. The predicted molar refractivity (Wildman–Crippen MR) is 255 cm³/mol. The number of aryl methyl sites for hydroxylation is 2. The number of Topliss-reactive ketones (excluding diaryl/α,β-unsaturated/α-hetero) is 1. The van der Waals surface area contributed by atoms with Crippen molar-refractivity contribution in [1.82, 2.24) is 0 Å². The summed E-state index contributed by atoms with van der Waals surface area (Å²) in [7, 11) is 3.32. The van der Waals surface area contributed by atoms with Crippen molar-refractivity contribution in [3.63, 3.8) is 0 Å². The number of aliphatic imine (C=N–C) groups is 1. The molecule has 2 heterocycles. The van der Waals surface area contributed by atoms with Crippen LogP contribution in [0, 0.1) is 23.9 Å². The summed E-state index contributed by atoms with van der Waals surface area (Å²) in [5.41, 5.74) is 14.6. The number of fused-ring (bicyclic) bond motifs is 9. The summed E-state index contributed by atoms with van der Waals surface area (Å²) in [5.74, 6) is 5.60. The number of rotatable bonds is 13. The smallest absolute Gasteiger partial charge is 0.192 e. The molecule has 4 atom stereocenters. The third kappa shape index (κ3) is 11.1. The van der Waals surface area contributed by atoms with E-state index in [1.807, 2.05) is 30.3 Å². The summed E-state index contributed by atoms with van der Waals surface area (Å²) < 4.78 is 18.4. The lowest BCUT2D eigenvalue weighted by molar-refractivity contribution is -0.121. The number of guanidine groups is 1. The number of phenols is 1. The van der Waals surface area contributed by atoms with Gasteiger partial charge in [-0.1, -0.05) is 87.6 Å². The fraction of sp³-hybridized carbons (Fsp3) is 0.407. The molecule has 0 saturated carbocycles. The number of ketones is 1. The number of hydrogen-bond donors (Lipinski definition) is 4. The van der Waals surface area contributed by atoms with E-state index in [9.17, 15) is 15.0 Å². The molecule has 9 nitrogen and oxygen atoms in total. The Morgan fingerprint density at radius 2 is 1.86 bits per heavy atom. The van der Waals surface area contributed by atoms with E-state index in [0.29, 0.717) is 43.3 Å². The highest BCUT2D eigenvalue weighted by molar-refractivity contribution is 6.00. The third-order valence-corrected chi connectivity index (χ3v) is 12.9. The number of hydrogen-bond acceptors (Lipinski definition) is 7. The van der Waals surface area contributed by atoms with Crippen LogP contribution in [0.3, 0.4) is 0 Å². The van der Waals surface area contributed by atoms with Crippen LogP contribution in [-0.4, -0.2) is 42.2 Å². The van der Waals surface area contributed by atoms with E-state index in [1.54, 1.807) is 20.2 Å². The summed E-state index contributed by atoms with van der Waals surface area (Å²) in [4.78, 5) is 17.9. The predicted octanol–water partition coefficient (Wildman–Crippen LogP) is 11.2. The molecule has 2 aliphatic heterocycles. The van der Waals surface area contributed by atoms with Gasteiger partial charge in [-0.3, -0.25) is 9.79 Å². The van der Waals surface area contributed by atoms with E-state index >= 15 is 0 Å². The molecule has 0 spiro atoms. The number of nitrogens with zero attached hydrogens (tertiary/aromatic N) is 1. The highest BCUT2D eigenvalue weighted by Crippen LogP contribution is 2.42. The number of nitrogens with one attached hydrogen (secondary N) is 1. The Balaban J connectivity index is 1.11. The van der Waals surface area contributed by atoms with Gasteiger partial charge >= 0.3 is 0 Å². The summed E-state index contributed by atoms with van der Waals surface area (Å²) in [6.07, 6.45) is 22.8. The lowest BCUT2D eigenvalue weighted by Gasteiger charge is -2.28. The molecule has 330 valence electrons. The highest BCUT2D eigenvalue weighted by Gasteiger charge is 2.27. The second-order valence-electron chi connectivity index (χ2n) is 17.3. The number of ether oxygens (including phenoxy) is 3. The molecule has 0 aromatic heterocycles. The molecule has 0 saturated heterocycles. The van der Waals surface area contributed by atoms with Crippen LogP contribution in [0.15, 0.2) is 89.7 Å². The van der Waals surface area contributed by atoms with Gasteiger partial charge in [-0.25, -0.2) is 0 Å². The number of carbonyl (C=O) groups excluding carboxylic acids is 1. The molecular weight excluding hydrogens is 787 g/mol. The number of carbonyl (C=O) groups is 1. The maximum absolute atomic E-state index is 13.8. The third-order valence-electron chi connectivity index (χ3n) is 12.9. The summed E-state index contributed by atoms with van der Waals surface area (Å²) in [6.45, 7) is 4.68. The van der Waals surface area contributed by atoms with Crippen molar-refractivity contribution in [2.75, 3.05) is 19.5 Å². The van der Waals surface area contributed by atoms with E-state index in [1.165, 1.54) is 17.5 Å². The number of aliphatic hydroxyl groups excluding tert-OH is 1. The van der Waals surface area contributed by atoms with Crippen LogP contribution >= 0.6 is 0 Å². The van der Waals surface area contributed by atoms with E-state index < -0.39 is 6.10 Å². The summed E-state index contributed by atoms with van der Waals surface area (Å²) >= 11 is 0. The first-order valence-electron chi connectivity index (χ1n) is 22.8. The number of aromatic hydroxyl groups is 1. The van der Waals surface area contributed by atoms with Crippen LogP contribution in [0.1, 0.15) is 116 Å². The van der Waals surface area contributed by atoms with Crippen LogP contribution in [0.2, 0.25) is 0 Å². The number of phenolic OH excluding ortho intramolecular Hbond substituents is 1. The number of benzene rings is 4. The van der Waals surface area contributed by atoms with Crippen molar-refractivity contribution >= 4 is 34.3 Å². The quantitative estimate of drug-likeness (QED) is 0.0452. The van der Waals surface area contributed by atoms with Gasteiger partial charge < -0.3 is 35.5 Å². The maximum Gasteiger partial charge on any atom is 0.192 e. The number of allylic oxidation sites excluding steroid dienone is 4. The van der Waals surface area contributed by atoms with Crippen LogP contribution in [0.25, 0.3) is 16.8 Å². The molecule has 6 bridgehead atoms. The zero-order valence-corrected chi connectivity index (χ0v) is 37.3. The molecule has 8 rings (SSSR count). The molecule has 9 heteroatoms. The van der Waals surface area contributed by atoms with Crippen molar-refractivity contribution < 1.29 is 29.2 Å². The van der Waals surface area contributed by atoms with Gasteiger partial charge in [0.15, 0.2) is 17.5 Å². The molecular formula is C54H63N3O6. The van der Waals surface area contributed by atoms with Gasteiger partial charge in [-0.2, -0.15) is 0 Å². The second-order valence-corrected chi connectivity index (χ2v) is 17.3. The van der Waals surface area contributed by atoms with Gasteiger partial charge in [0.2, 0.25) is 0 Å². The first-order valence-corrected chi connectivity index (χ1v) is 22.8. The largest absolute Gasteiger partial charge is 0.508 e. The minimum atomic E-state index is -0.497. The SMILES string of the molecule is CCCCCc1c(CCCCC2C=CC(O)=CC2CC2CC(=O)CCc3ccc(OC)c(c3)OCc3ccc4c(c(O)cc5c4c3C=CC5C)CC#CO2)cccc1NC(N)=NC. The fourth-order valence-corrected chi connectivity index (χ4v) is 9.42. The topological polar surface area (TPSA) is 136 Å². The average molecular weight is 850 g/mol. The number of nitrogens with two attached hydrogens (primary N) is 1. The molecule has 0 fully saturated rings. The van der Waals surface area contributed by atoms with E-state index in [2.05, 4.69) is 84.7 Å². The second kappa shape index (κ2) is 21.3. The van der Waals surface area contributed by atoms with Crippen molar-refractivity contribution in [1.29, 1.82) is 0 Å². The number of unbranched alkanes of at least 4 members (excludes halogenated alkanes) is 3. The van der Waals surface area contributed by atoms with Crippen LogP contribution < -0.4 is 20.5 Å². The molecule has 2 aliphatic carbocycles. The molecule has 0 amide bonds. The Morgan fingerprint density at radius 3 is 2.68 bits per heavy atom. The molecule has 4 unspecified atom stereocenters. The highest BCUT2D eigenvalue weighted by atomic mass is 16.5. The van der Waals surface area contributed by atoms with E-state index in [0.717, 1.165) is 89.2 Å². The van der Waals surface area contributed by atoms with Gasteiger partial charge in [0, 0.05) is 43.5 Å². The maximum atomic E-state index is 13.8. The van der Waals surface area contributed by atoms with Gasteiger partial charge in [-0.15, -0.1) is 0 Å². The van der Waals surface area contributed by atoms with Crippen molar-refractivity contribution in [2.24, 2.45) is 22.6 Å². The molecule has 63 heavy (non-hydrogen) atoms.